The highest BCUT2D eigenvalue weighted by Gasteiger charge is 2.19. The van der Waals surface area contributed by atoms with Crippen LogP contribution in [-0.4, -0.2) is 51.2 Å². The number of imidazole rings is 1. The van der Waals surface area contributed by atoms with Crippen LogP contribution in [0.15, 0.2) is 72.4 Å². The molecule has 0 bridgehead atoms. The van der Waals surface area contributed by atoms with E-state index in [0.29, 0.717) is 22.6 Å². The Balaban J connectivity index is 1.57. The molecule has 14 heteroatoms. The molecule has 1 N–H and O–H groups in total. The lowest BCUT2D eigenvalue weighted by molar-refractivity contribution is -0.0541. The number of aromatic nitrogens is 6. The van der Waals surface area contributed by atoms with E-state index < -0.39 is 22.3 Å². The van der Waals surface area contributed by atoms with E-state index in [9.17, 15) is 17.2 Å². The van der Waals surface area contributed by atoms with Crippen LogP contribution in [0.25, 0.3) is 22.6 Å². The number of nitrogens with one attached hydrogen (secondary N) is 1. The van der Waals surface area contributed by atoms with Gasteiger partial charge in [-0.1, -0.05) is 0 Å². The van der Waals surface area contributed by atoms with Crippen molar-refractivity contribution in [1.29, 1.82) is 0 Å². The van der Waals surface area contributed by atoms with Crippen LogP contribution in [0, 0.1) is 0 Å². The molecule has 0 unspecified atom stereocenters. The normalized spacial score (nSPS) is 11.6. The second-order valence-electron chi connectivity index (χ2n) is 7.49. The molecule has 11 nitrogen and oxygen atoms in total. The summed E-state index contributed by atoms with van der Waals surface area (Å²) < 4.78 is 65.4. The number of H-pyrrole nitrogens is 1. The van der Waals surface area contributed by atoms with Gasteiger partial charge in [0, 0.05) is 37.0 Å². The zero-order chi connectivity index (χ0) is 26.0. The maximum atomic E-state index is 12.9. The number of sulfone groups is 1. The lowest BCUT2D eigenvalue weighted by atomic mass is 10.2. The number of pyridine rings is 2. The molecule has 4 aromatic heterocycles. The van der Waals surface area contributed by atoms with Gasteiger partial charge in [-0.05, 0) is 24.3 Å². The van der Waals surface area contributed by atoms with Crippen LogP contribution in [-0.2, 0) is 9.84 Å². The molecule has 0 saturated carbocycles. The van der Waals surface area contributed by atoms with Gasteiger partial charge in [0.1, 0.15) is 11.4 Å². The number of fused-ring (bicyclic) bond motifs is 1. The molecule has 0 aliphatic rings. The minimum atomic E-state index is -3.51. The highest BCUT2D eigenvalue weighted by Crippen LogP contribution is 2.40. The highest BCUT2D eigenvalue weighted by molar-refractivity contribution is 7.90. The number of hydrogen-bond acceptors (Lipinski definition) is 10. The van der Waals surface area contributed by atoms with Gasteiger partial charge in [0.2, 0.25) is 0 Å². The molecule has 0 radical (unpaired) electrons. The minimum Gasteiger partial charge on any atom is -0.452 e. The van der Waals surface area contributed by atoms with E-state index in [-0.39, 0.29) is 28.0 Å². The number of benzene rings is 1. The SMILES string of the molecule is CS(=O)(=O)c1ccc(Oc2cc3[nH]c(-c4cnccn4)nc3cc2Oc2cccnc2OC(F)F)cn1. The van der Waals surface area contributed by atoms with E-state index in [2.05, 4.69) is 34.6 Å². The largest absolute Gasteiger partial charge is 0.452 e. The monoisotopic (exact) mass is 526 g/mol. The standard InChI is InChI=1S/C23H16F2N6O5S/c1-37(32,33)20-5-4-13(11-29-20)34-18-9-14-15(31-21(30-14)16-12-26-7-8-27-16)10-19(18)35-17-3-2-6-28-22(17)36-23(24)25/h2-12,23H,1H3,(H,30,31). The van der Waals surface area contributed by atoms with Crippen LogP contribution in [0.3, 0.4) is 0 Å². The van der Waals surface area contributed by atoms with Gasteiger partial charge in [-0.3, -0.25) is 4.98 Å². The van der Waals surface area contributed by atoms with Crippen LogP contribution in [0.5, 0.6) is 28.9 Å². The van der Waals surface area contributed by atoms with Gasteiger partial charge in [-0.15, -0.1) is 0 Å². The molecule has 1 aromatic carbocycles. The van der Waals surface area contributed by atoms with Gasteiger partial charge in [0.25, 0.3) is 5.88 Å². The summed E-state index contributed by atoms with van der Waals surface area (Å²) in [7, 11) is -3.51. The molecule has 0 amide bonds. The first-order valence-electron chi connectivity index (χ1n) is 10.5. The van der Waals surface area contributed by atoms with E-state index in [1.54, 1.807) is 6.07 Å². The molecule has 0 atom stereocenters. The number of rotatable bonds is 8. The number of aromatic amines is 1. The van der Waals surface area contributed by atoms with Crippen molar-refractivity contribution in [2.24, 2.45) is 0 Å². The molecule has 0 aliphatic carbocycles. The Labute approximate surface area is 208 Å². The van der Waals surface area contributed by atoms with Gasteiger partial charge in [0.15, 0.2) is 37.9 Å². The Morgan fingerprint density at radius 3 is 2.46 bits per heavy atom. The van der Waals surface area contributed by atoms with Crippen molar-refractivity contribution in [3.8, 4) is 40.4 Å². The van der Waals surface area contributed by atoms with Crippen LogP contribution in [0.1, 0.15) is 0 Å². The van der Waals surface area contributed by atoms with Crippen molar-refractivity contribution in [2.45, 2.75) is 11.6 Å². The summed E-state index contributed by atoms with van der Waals surface area (Å²) >= 11 is 0. The summed E-state index contributed by atoms with van der Waals surface area (Å²) in [6.45, 7) is -3.12. The Morgan fingerprint density at radius 1 is 0.919 bits per heavy atom. The highest BCUT2D eigenvalue weighted by atomic mass is 32.2. The van der Waals surface area contributed by atoms with Gasteiger partial charge in [-0.2, -0.15) is 8.78 Å². The van der Waals surface area contributed by atoms with Crippen molar-refractivity contribution in [3.05, 3.63) is 67.4 Å². The van der Waals surface area contributed by atoms with Crippen molar-refractivity contribution in [2.75, 3.05) is 6.26 Å². The van der Waals surface area contributed by atoms with Crippen LogP contribution < -0.4 is 14.2 Å². The van der Waals surface area contributed by atoms with Crippen molar-refractivity contribution < 1.29 is 31.4 Å². The summed E-state index contributed by atoms with van der Waals surface area (Å²) in [5, 5.41) is -0.127. The van der Waals surface area contributed by atoms with Gasteiger partial charge < -0.3 is 19.2 Å². The second-order valence-corrected chi connectivity index (χ2v) is 9.45. The first-order valence-corrected chi connectivity index (χ1v) is 12.4. The molecule has 188 valence electrons. The first-order chi connectivity index (χ1) is 17.8. The molecular formula is C23H16F2N6O5S. The Hall–Kier alpha value is -4.72. The van der Waals surface area contributed by atoms with E-state index in [0.717, 1.165) is 6.26 Å². The van der Waals surface area contributed by atoms with E-state index >= 15 is 0 Å². The van der Waals surface area contributed by atoms with Crippen molar-refractivity contribution in [1.82, 2.24) is 29.9 Å². The number of ether oxygens (including phenoxy) is 3. The Kier molecular flexibility index (Phi) is 6.31. The molecule has 0 saturated heterocycles. The molecule has 5 aromatic rings. The summed E-state index contributed by atoms with van der Waals surface area (Å²) in [6, 6.07) is 8.70. The fourth-order valence-corrected chi connectivity index (χ4v) is 3.80. The fourth-order valence-electron chi connectivity index (χ4n) is 3.24. The summed E-state index contributed by atoms with van der Waals surface area (Å²) in [5.41, 5.74) is 1.48. The van der Waals surface area contributed by atoms with E-state index in [1.807, 2.05) is 0 Å². The maximum Gasteiger partial charge on any atom is 0.388 e. The average molecular weight is 526 g/mol. The van der Waals surface area contributed by atoms with E-state index in [4.69, 9.17) is 9.47 Å². The predicted octanol–water partition coefficient (Wildman–Crippen LogP) is 4.40. The Bertz CT molecular complexity index is 1660. The molecule has 4 heterocycles. The van der Waals surface area contributed by atoms with Gasteiger partial charge >= 0.3 is 6.61 Å². The minimum absolute atomic E-state index is 0.0870. The van der Waals surface area contributed by atoms with Crippen LogP contribution in [0.2, 0.25) is 0 Å². The van der Waals surface area contributed by atoms with Crippen molar-refractivity contribution in [3.63, 3.8) is 0 Å². The predicted molar refractivity (Wildman–Crippen MR) is 125 cm³/mol. The quantitative estimate of drug-likeness (QED) is 0.309. The smallest absolute Gasteiger partial charge is 0.388 e. The number of nitrogens with zero attached hydrogens (tertiary/aromatic N) is 5. The third kappa shape index (κ3) is 5.43. The number of halogens is 2. The molecule has 0 aliphatic heterocycles. The summed E-state index contributed by atoms with van der Waals surface area (Å²) in [4.78, 5) is 23.6. The third-order valence-electron chi connectivity index (χ3n) is 4.83. The Morgan fingerprint density at radius 2 is 1.76 bits per heavy atom. The van der Waals surface area contributed by atoms with Crippen LogP contribution in [0.4, 0.5) is 8.78 Å². The van der Waals surface area contributed by atoms with Gasteiger partial charge in [-0.25, -0.2) is 28.4 Å². The fraction of sp³-hybridized carbons (Fsp3) is 0.0870. The topological polar surface area (TPSA) is 142 Å². The molecule has 5 rings (SSSR count). The maximum absolute atomic E-state index is 12.9. The average Bonchev–Trinajstić information content (AvgIpc) is 3.28. The lowest BCUT2D eigenvalue weighted by Crippen LogP contribution is -2.05. The number of hydrogen-bond donors (Lipinski definition) is 1. The summed E-state index contributed by atoms with van der Waals surface area (Å²) in [5.74, 6) is 0.327. The van der Waals surface area contributed by atoms with Gasteiger partial charge in [0.05, 0.1) is 23.4 Å². The molecular weight excluding hydrogens is 510 g/mol. The molecule has 37 heavy (non-hydrogen) atoms. The van der Waals surface area contributed by atoms with Crippen molar-refractivity contribution >= 4 is 20.9 Å². The zero-order valence-corrected chi connectivity index (χ0v) is 19.7. The zero-order valence-electron chi connectivity index (χ0n) is 18.9. The first kappa shape index (κ1) is 24.0. The second kappa shape index (κ2) is 9.73. The van der Waals surface area contributed by atoms with Crippen LogP contribution >= 0.6 is 0 Å². The van der Waals surface area contributed by atoms with E-state index in [1.165, 1.54) is 61.3 Å². The third-order valence-corrected chi connectivity index (χ3v) is 5.83. The number of alkyl halides is 2. The lowest BCUT2D eigenvalue weighted by Gasteiger charge is -2.14. The molecule has 0 fully saturated rings. The molecule has 0 spiro atoms. The summed E-state index contributed by atoms with van der Waals surface area (Å²) in [6.07, 6.45) is 8.13.